The summed E-state index contributed by atoms with van der Waals surface area (Å²) < 4.78 is 0. The summed E-state index contributed by atoms with van der Waals surface area (Å²) in [6.07, 6.45) is 1.49. The van der Waals surface area contributed by atoms with Gasteiger partial charge in [0.05, 0.1) is 6.04 Å². The van der Waals surface area contributed by atoms with E-state index in [1.165, 1.54) is 13.1 Å². The van der Waals surface area contributed by atoms with Gasteiger partial charge >= 0.3 is 0 Å². The van der Waals surface area contributed by atoms with E-state index in [2.05, 4.69) is 25.5 Å². The van der Waals surface area contributed by atoms with Gasteiger partial charge < -0.3 is 10.3 Å². The molecule has 0 saturated carbocycles. The predicted octanol–water partition coefficient (Wildman–Crippen LogP) is 1.08. The molecule has 0 fully saturated rings. The Morgan fingerprint density at radius 2 is 2.15 bits per heavy atom. The molecule has 0 radical (unpaired) electrons. The second-order valence-electron chi connectivity index (χ2n) is 4.18. The standard InChI is InChI=1S/C12H12ClN5O2/c1-6(15-7(2)19)10-12(20)16-11(18-17-10)8-3-4-9(13)14-5-8/h3-6H,1-2H3,(H,15,19)(H,16,18,20). The van der Waals surface area contributed by atoms with Crippen LogP contribution in [0.15, 0.2) is 23.1 Å². The smallest absolute Gasteiger partial charge is 0.275 e. The zero-order valence-corrected chi connectivity index (χ0v) is 11.6. The van der Waals surface area contributed by atoms with Gasteiger partial charge in [-0.3, -0.25) is 9.59 Å². The van der Waals surface area contributed by atoms with Crippen LogP contribution in [0.3, 0.4) is 0 Å². The second kappa shape index (κ2) is 5.79. The lowest BCUT2D eigenvalue weighted by Crippen LogP contribution is -2.30. The molecular weight excluding hydrogens is 282 g/mol. The molecule has 2 rings (SSSR count). The van der Waals surface area contributed by atoms with Crippen LogP contribution in [0, 0.1) is 0 Å². The van der Waals surface area contributed by atoms with Crippen molar-refractivity contribution in [2.75, 3.05) is 0 Å². The number of rotatable bonds is 3. The minimum atomic E-state index is -0.513. The van der Waals surface area contributed by atoms with Gasteiger partial charge in [0.2, 0.25) is 5.91 Å². The fourth-order valence-corrected chi connectivity index (χ4v) is 1.76. The lowest BCUT2D eigenvalue weighted by molar-refractivity contribution is -0.119. The van der Waals surface area contributed by atoms with Gasteiger partial charge in [-0.1, -0.05) is 11.6 Å². The summed E-state index contributed by atoms with van der Waals surface area (Å²) in [6.45, 7) is 3.02. The van der Waals surface area contributed by atoms with Crippen molar-refractivity contribution in [1.82, 2.24) is 25.5 Å². The van der Waals surface area contributed by atoms with Gasteiger partial charge in [0.1, 0.15) is 5.15 Å². The first-order chi connectivity index (χ1) is 9.47. The van der Waals surface area contributed by atoms with Crippen molar-refractivity contribution in [1.29, 1.82) is 0 Å². The molecule has 0 aliphatic carbocycles. The maximum Gasteiger partial charge on any atom is 0.275 e. The van der Waals surface area contributed by atoms with Gasteiger partial charge in [0.15, 0.2) is 11.5 Å². The molecule has 0 aromatic carbocycles. The minimum Gasteiger partial charge on any atom is -0.348 e. The third-order valence-electron chi connectivity index (χ3n) is 2.55. The van der Waals surface area contributed by atoms with Crippen LogP contribution in [0.4, 0.5) is 0 Å². The Labute approximate surface area is 119 Å². The Bertz CT molecular complexity index is 683. The van der Waals surface area contributed by atoms with Crippen molar-refractivity contribution < 1.29 is 4.79 Å². The van der Waals surface area contributed by atoms with E-state index in [-0.39, 0.29) is 17.4 Å². The first-order valence-electron chi connectivity index (χ1n) is 5.83. The Balaban J connectivity index is 2.32. The summed E-state index contributed by atoms with van der Waals surface area (Å²) in [5.74, 6) is 0.0441. The average Bonchev–Trinajstić information content (AvgIpc) is 2.38. The zero-order valence-electron chi connectivity index (χ0n) is 10.8. The normalized spacial score (nSPS) is 11.9. The molecular formula is C12H12ClN5O2. The van der Waals surface area contributed by atoms with E-state index in [0.717, 1.165) is 0 Å². The molecule has 0 bridgehead atoms. The van der Waals surface area contributed by atoms with Crippen LogP contribution >= 0.6 is 11.6 Å². The molecule has 0 aliphatic heterocycles. The molecule has 8 heteroatoms. The summed E-state index contributed by atoms with van der Waals surface area (Å²) in [7, 11) is 0. The van der Waals surface area contributed by atoms with E-state index in [1.54, 1.807) is 19.1 Å². The summed E-state index contributed by atoms with van der Waals surface area (Å²) in [6, 6.07) is 2.75. The summed E-state index contributed by atoms with van der Waals surface area (Å²) >= 11 is 5.69. The average molecular weight is 294 g/mol. The van der Waals surface area contributed by atoms with Crippen LogP contribution < -0.4 is 10.9 Å². The largest absolute Gasteiger partial charge is 0.348 e. The Morgan fingerprint density at radius 1 is 1.40 bits per heavy atom. The van der Waals surface area contributed by atoms with Gasteiger partial charge in [-0.25, -0.2) is 4.98 Å². The van der Waals surface area contributed by atoms with E-state index < -0.39 is 11.6 Å². The van der Waals surface area contributed by atoms with Crippen LogP contribution in [0.2, 0.25) is 5.15 Å². The summed E-state index contributed by atoms with van der Waals surface area (Å²) in [5, 5.41) is 10.7. The number of hydrogen-bond acceptors (Lipinski definition) is 5. The molecule has 20 heavy (non-hydrogen) atoms. The van der Waals surface area contributed by atoms with Crippen molar-refractivity contribution in [2.45, 2.75) is 19.9 Å². The Kier molecular flexibility index (Phi) is 4.09. The van der Waals surface area contributed by atoms with Crippen molar-refractivity contribution in [2.24, 2.45) is 0 Å². The number of halogens is 1. The van der Waals surface area contributed by atoms with Crippen LogP contribution in [0.5, 0.6) is 0 Å². The number of aromatic nitrogens is 4. The van der Waals surface area contributed by atoms with Crippen molar-refractivity contribution >= 4 is 17.5 Å². The molecule has 1 amide bonds. The number of carbonyl (C=O) groups is 1. The number of H-pyrrole nitrogens is 1. The van der Waals surface area contributed by atoms with Gasteiger partial charge in [0, 0.05) is 18.7 Å². The third kappa shape index (κ3) is 3.18. The van der Waals surface area contributed by atoms with Crippen LogP contribution in [-0.2, 0) is 4.79 Å². The number of aromatic amines is 1. The third-order valence-corrected chi connectivity index (χ3v) is 2.78. The van der Waals surface area contributed by atoms with Crippen molar-refractivity contribution in [3.63, 3.8) is 0 Å². The molecule has 1 atom stereocenters. The van der Waals surface area contributed by atoms with Gasteiger partial charge in [-0.15, -0.1) is 10.2 Å². The van der Waals surface area contributed by atoms with E-state index in [0.29, 0.717) is 10.7 Å². The number of carbonyl (C=O) groups excluding carboxylic acids is 1. The number of amides is 1. The molecule has 104 valence electrons. The highest BCUT2D eigenvalue weighted by Gasteiger charge is 2.14. The monoisotopic (exact) mass is 293 g/mol. The lowest BCUT2D eigenvalue weighted by atomic mass is 10.2. The molecule has 2 heterocycles. The van der Waals surface area contributed by atoms with Gasteiger partial charge in [-0.2, -0.15) is 0 Å². The molecule has 1 unspecified atom stereocenters. The first kappa shape index (κ1) is 14.1. The van der Waals surface area contributed by atoms with E-state index in [1.807, 2.05) is 0 Å². The maximum absolute atomic E-state index is 11.9. The molecule has 2 N–H and O–H groups in total. The number of pyridine rings is 1. The molecule has 7 nitrogen and oxygen atoms in total. The van der Waals surface area contributed by atoms with Gasteiger partial charge in [0.25, 0.3) is 5.56 Å². The number of nitrogens with zero attached hydrogens (tertiary/aromatic N) is 3. The fourth-order valence-electron chi connectivity index (χ4n) is 1.65. The highest BCUT2D eigenvalue weighted by molar-refractivity contribution is 6.29. The van der Waals surface area contributed by atoms with Crippen molar-refractivity contribution in [3.05, 3.63) is 39.5 Å². The topological polar surface area (TPSA) is 101 Å². The lowest BCUT2D eigenvalue weighted by Gasteiger charge is -2.10. The summed E-state index contributed by atoms with van der Waals surface area (Å²) in [5.41, 5.74) is 0.329. The Hall–Kier alpha value is -2.28. The van der Waals surface area contributed by atoms with Crippen molar-refractivity contribution in [3.8, 4) is 11.4 Å². The summed E-state index contributed by atoms with van der Waals surface area (Å²) in [4.78, 5) is 29.4. The van der Waals surface area contributed by atoms with Crippen LogP contribution in [0.1, 0.15) is 25.6 Å². The maximum atomic E-state index is 11.9. The minimum absolute atomic E-state index is 0.144. The van der Waals surface area contributed by atoms with E-state index >= 15 is 0 Å². The Morgan fingerprint density at radius 3 is 2.70 bits per heavy atom. The van der Waals surface area contributed by atoms with E-state index in [4.69, 9.17) is 11.6 Å². The fraction of sp³-hybridized carbons (Fsp3) is 0.250. The SMILES string of the molecule is CC(=O)NC(C)c1nnc(-c2ccc(Cl)nc2)[nH]c1=O. The van der Waals surface area contributed by atoms with Gasteiger partial charge in [-0.05, 0) is 19.1 Å². The predicted molar refractivity (Wildman–Crippen MR) is 73.1 cm³/mol. The number of hydrogen-bond donors (Lipinski definition) is 2. The quantitative estimate of drug-likeness (QED) is 0.825. The molecule has 2 aromatic rings. The van der Waals surface area contributed by atoms with Crippen LogP contribution in [-0.4, -0.2) is 26.1 Å². The first-order valence-corrected chi connectivity index (χ1v) is 6.21. The van der Waals surface area contributed by atoms with E-state index in [9.17, 15) is 9.59 Å². The highest BCUT2D eigenvalue weighted by atomic mass is 35.5. The molecule has 0 saturated heterocycles. The highest BCUT2D eigenvalue weighted by Crippen LogP contribution is 2.14. The van der Waals surface area contributed by atoms with Crippen LogP contribution in [0.25, 0.3) is 11.4 Å². The molecule has 2 aromatic heterocycles. The molecule has 0 spiro atoms. The zero-order chi connectivity index (χ0) is 14.7. The number of nitrogens with one attached hydrogen (secondary N) is 2. The molecule has 0 aliphatic rings. The second-order valence-corrected chi connectivity index (χ2v) is 4.57.